The minimum atomic E-state index is -1.66. The van der Waals surface area contributed by atoms with Crippen molar-refractivity contribution >= 4 is 92.9 Å². The van der Waals surface area contributed by atoms with Crippen LogP contribution in [0.4, 0.5) is 0 Å². The fraction of sp³-hybridized carbons (Fsp3) is 0.846. The van der Waals surface area contributed by atoms with Gasteiger partial charge in [0.05, 0.1) is 0 Å². The summed E-state index contributed by atoms with van der Waals surface area (Å²) in [5.41, 5.74) is -1.66. The van der Waals surface area contributed by atoms with Gasteiger partial charge in [0.15, 0.2) is 5.41 Å². The summed E-state index contributed by atoms with van der Waals surface area (Å²) in [7, 11) is 0. The van der Waals surface area contributed by atoms with Crippen LogP contribution in [0.2, 0.25) is 0 Å². The van der Waals surface area contributed by atoms with E-state index in [0.29, 0.717) is 6.42 Å². The van der Waals surface area contributed by atoms with Crippen molar-refractivity contribution in [3.05, 3.63) is 0 Å². The van der Waals surface area contributed by atoms with Crippen molar-refractivity contribution in [2.45, 2.75) is 59.3 Å². The molecule has 104 valence electrons. The normalized spacial score (nSPS) is 11.9. The van der Waals surface area contributed by atoms with Gasteiger partial charge in [-0.2, -0.15) is 0 Å². The van der Waals surface area contributed by atoms with Gasteiger partial charge in [0.1, 0.15) is 0 Å². The van der Waals surface area contributed by atoms with Crippen LogP contribution in [-0.4, -0.2) is 103 Å². The first kappa shape index (κ1) is 25.5. The Hall–Kier alpha value is 1.58. The molecule has 0 fully saturated rings. The summed E-state index contributed by atoms with van der Waals surface area (Å²) < 4.78 is 0. The summed E-state index contributed by atoms with van der Waals surface area (Å²) in [5.74, 6) is -2.84. The van der Waals surface area contributed by atoms with Crippen LogP contribution in [0.1, 0.15) is 59.3 Å². The van der Waals surface area contributed by atoms with Crippen molar-refractivity contribution in [2.75, 3.05) is 0 Å². The zero-order valence-corrected chi connectivity index (χ0v) is 11.0. The Bertz CT molecular complexity index is 257. The van der Waals surface area contributed by atoms with E-state index in [-0.39, 0.29) is 86.9 Å². The Morgan fingerprint density at radius 1 is 1.05 bits per heavy atom. The van der Waals surface area contributed by atoms with Gasteiger partial charge in [-0.25, -0.2) is 0 Å². The predicted octanol–water partition coefficient (Wildman–Crippen LogP) is 1.86. The van der Waals surface area contributed by atoms with Gasteiger partial charge in [-0.05, 0) is 19.3 Å². The molecule has 0 radical (unpaired) electrons. The summed E-state index contributed by atoms with van der Waals surface area (Å²) in [4.78, 5) is 22.1. The molecule has 1 unspecified atom stereocenters. The average Bonchev–Trinajstić information content (AvgIpc) is 2.26. The van der Waals surface area contributed by atoms with E-state index in [9.17, 15) is 9.59 Å². The molecule has 0 saturated carbocycles. The Labute approximate surface area is 180 Å². The molecule has 1 atom stereocenters. The van der Waals surface area contributed by atoms with Crippen molar-refractivity contribution in [3.63, 3.8) is 0 Å². The number of unbranched alkanes of at least 4 members (excludes halogenated alkanes) is 4. The molecule has 2 N–H and O–H groups in total. The first-order valence-electron chi connectivity index (χ1n) is 6.34. The summed E-state index contributed by atoms with van der Waals surface area (Å²) in [5, 5.41) is 18.1. The number of rotatable bonds is 9. The van der Waals surface area contributed by atoms with Gasteiger partial charge in [0.25, 0.3) is 0 Å². The second kappa shape index (κ2) is 13.3. The van der Waals surface area contributed by atoms with E-state index in [2.05, 4.69) is 6.92 Å². The molecule has 0 saturated heterocycles. The number of hydrogen-bond acceptors (Lipinski definition) is 2. The molecule has 0 aliphatic carbocycles. The standard InChI is InChI=1S/C13H24O4.K.Na.2H/c1-4-5-6-7-8-9-10(2)13(3,11(14)15)12(16)17;;;;/h10H,4-9H2,1-3H3,(H,14,15)(H,16,17);;;;. The van der Waals surface area contributed by atoms with Crippen LogP contribution in [0.5, 0.6) is 0 Å². The molecule has 0 amide bonds. The fourth-order valence-electron chi connectivity index (χ4n) is 1.86. The zero-order valence-electron chi connectivity index (χ0n) is 11.0. The maximum absolute atomic E-state index is 11.1. The van der Waals surface area contributed by atoms with E-state index >= 15 is 0 Å². The summed E-state index contributed by atoms with van der Waals surface area (Å²) in [6, 6.07) is 0. The second-order valence-corrected chi connectivity index (χ2v) is 4.92. The van der Waals surface area contributed by atoms with E-state index < -0.39 is 17.4 Å². The van der Waals surface area contributed by atoms with Crippen LogP contribution in [0, 0.1) is 11.3 Å². The molecule has 0 rings (SSSR count). The minimum absolute atomic E-state index is 0. The average molecular weight is 308 g/mol. The van der Waals surface area contributed by atoms with Crippen LogP contribution >= 0.6 is 0 Å². The quantitative estimate of drug-likeness (QED) is 0.387. The third kappa shape index (κ3) is 8.56. The van der Waals surface area contributed by atoms with Crippen LogP contribution in [0.3, 0.4) is 0 Å². The van der Waals surface area contributed by atoms with Crippen LogP contribution in [0.15, 0.2) is 0 Å². The maximum atomic E-state index is 11.1. The Balaban J connectivity index is -0.00000128. The van der Waals surface area contributed by atoms with Crippen LogP contribution < -0.4 is 0 Å². The van der Waals surface area contributed by atoms with E-state index in [0.717, 1.165) is 25.7 Å². The van der Waals surface area contributed by atoms with E-state index in [1.165, 1.54) is 13.3 Å². The molecule has 0 heterocycles. The van der Waals surface area contributed by atoms with Gasteiger partial charge in [-0.15, -0.1) is 0 Å². The van der Waals surface area contributed by atoms with Gasteiger partial charge in [0, 0.05) is 0 Å². The third-order valence-corrected chi connectivity index (χ3v) is 3.61. The molecule has 0 aromatic heterocycles. The van der Waals surface area contributed by atoms with Crippen LogP contribution in [0.25, 0.3) is 0 Å². The van der Waals surface area contributed by atoms with Crippen molar-refractivity contribution < 1.29 is 19.8 Å². The predicted molar refractivity (Wildman–Crippen MR) is 80.2 cm³/mol. The molecule has 4 nitrogen and oxygen atoms in total. The van der Waals surface area contributed by atoms with Gasteiger partial charge in [0.2, 0.25) is 0 Å². The third-order valence-electron chi connectivity index (χ3n) is 3.61. The van der Waals surface area contributed by atoms with Crippen LogP contribution in [-0.2, 0) is 9.59 Å². The van der Waals surface area contributed by atoms with Crippen molar-refractivity contribution in [1.29, 1.82) is 0 Å². The van der Waals surface area contributed by atoms with Crippen molar-refractivity contribution in [1.82, 2.24) is 0 Å². The first-order chi connectivity index (χ1) is 7.87. The number of carbonyl (C=O) groups is 2. The van der Waals surface area contributed by atoms with Gasteiger partial charge >= 0.3 is 92.9 Å². The SMILES string of the molecule is CCCCCCCC(C)C(C)(C(=O)O)C(=O)O.[KH].[NaH]. The second-order valence-electron chi connectivity index (χ2n) is 4.92. The molecule has 0 bridgehead atoms. The fourth-order valence-corrected chi connectivity index (χ4v) is 1.86. The summed E-state index contributed by atoms with van der Waals surface area (Å²) in [6.07, 6.45) is 6.09. The Morgan fingerprint density at radius 2 is 1.47 bits per heavy atom. The topological polar surface area (TPSA) is 74.6 Å². The number of hydrogen-bond donors (Lipinski definition) is 2. The summed E-state index contributed by atoms with van der Waals surface area (Å²) in [6.45, 7) is 5.14. The van der Waals surface area contributed by atoms with Crippen molar-refractivity contribution in [2.24, 2.45) is 11.3 Å². The monoisotopic (exact) mass is 308 g/mol. The summed E-state index contributed by atoms with van der Waals surface area (Å²) >= 11 is 0. The number of carboxylic acids is 2. The molecule has 19 heavy (non-hydrogen) atoms. The van der Waals surface area contributed by atoms with Crippen molar-refractivity contribution in [3.8, 4) is 0 Å². The molecule has 0 aromatic carbocycles. The molecule has 0 aliphatic heterocycles. The van der Waals surface area contributed by atoms with Gasteiger partial charge in [-0.3, -0.25) is 9.59 Å². The van der Waals surface area contributed by atoms with Gasteiger partial charge < -0.3 is 10.2 Å². The zero-order chi connectivity index (χ0) is 13.5. The van der Waals surface area contributed by atoms with E-state index in [1.807, 2.05) is 0 Å². The molecular formula is C13H26KNaO4. The number of aliphatic carboxylic acids is 2. The van der Waals surface area contributed by atoms with E-state index in [1.54, 1.807) is 6.92 Å². The first-order valence-corrected chi connectivity index (χ1v) is 6.34. The molecule has 0 aliphatic rings. The molecule has 0 aromatic rings. The Kier molecular flexibility index (Phi) is 17.8. The number of carboxylic acid groups (broad SMARTS) is 2. The molecule has 6 heteroatoms. The molecular weight excluding hydrogens is 282 g/mol. The molecule has 0 spiro atoms. The van der Waals surface area contributed by atoms with Gasteiger partial charge in [-0.1, -0.05) is 46.0 Å². The van der Waals surface area contributed by atoms with E-state index in [4.69, 9.17) is 10.2 Å². The Morgan fingerprint density at radius 3 is 1.84 bits per heavy atom.